The van der Waals surface area contributed by atoms with E-state index in [4.69, 9.17) is 0 Å². The van der Waals surface area contributed by atoms with E-state index >= 15 is 0 Å². The van der Waals surface area contributed by atoms with Crippen molar-refractivity contribution in [2.75, 3.05) is 7.11 Å². The Hall–Kier alpha value is -1.65. The lowest BCUT2D eigenvalue weighted by Gasteiger charge is -1.94. The minimum absolute atomic E-state index is 0.0284. The van der Waals surface area contributed by atoms with E-state index in [1.54, 1.807) is 0 Å². The van der Waals surface area contributed by atoms with Gasteiger partial charge in [0, 0.05) is 0 Å². The molecule has 0 fully saturated rings. The second kappa shape index (κ2) is 3.17. The number of hydrogen-bond donors (Lipinski definition) is 0. The summed E-state index contributed by atoms with van der Waals surface area (Å²) in [5.41, 5.74) is 0.0619. The van der Waals surface area contributed by atoms with E-state index in [-0.39, 0.29) is 17.0 Å². The normalized spacial score (nSPS) is 9.50. The molecule has 5 heteroatoms. The molecule has 1 rings (SSSR count). The number of carbonyl (C=O) groups is 2. The molecule has 0 atom stereocenters. The number of ether oxygens (including phenoxy) is 1. The number of hydrogen-bond acceptors (Lipinski definition) is 5. The summed E-state index contributed by atoms with van der Waals surface area (Å²) in [5.74, 6) is -0.334. The van der Waals surface area contributed by atoms with Crippen LogP contribution in [0, 0.1) is 6.92 Å². The van der Waals surface area contributed by atoms with E-state index < -0.39 is 5.97 Å². The Kier molecular flexibility index (Phi) is 2.23. The summed E-state index contributed by atoms with van der Waals surface area (Å²) in [4.78, 5) is 21.3. The first kappa shape index (κ1) is 8.45. The van der Waals surface area contributed by atoms with Gasteiger partial charge in [-0.2, -0.15) is 0 Å². The Morgan fingerprint density at radius 2 is 2.33 bits per heavy atom. The highest BCUT2D eigenvalue weighted by Crippen LogP contribution is 2.12. The number of nitrogens with zero attached hydrogens (tertiary/aromatic N) is 1. The maximum Gasteiger partial charge on any atom is 0.343 e. The van der Waals surface area contributed by atoms with Crippen LogP contribution in [0.25, 0.3) is 0 Å². The number of carbonyl (C=O) groups excluding carboxylic acids is 2. The lowest BCUT2D eigenvalue weighted by atomic mass is 10.2. The zero-order valence-corrected chi connectivity index (χ0v) is 6.66. The predicted molar refractivity (Wildman–Crippen MR) is 38.0 cm³/mol. The average Bonchev–Trinajstić information content (AvgIpc) is 2.45. The molecule has 0 aliphatic rings. The van der Waals surface area contributed by atoms with Gasteiger partial charge in [0.25, 0.3) is 0 Å². The van der Waals surface area contributed by atoms with Crippen molar-refractivity contribution < 1.29 is 18.8 Å². The van der Waals surface area contributed by atoms with E-state index in [9.17, 15) is 9.59 Å². The highest BCUT2D eigenvalue weighted by atomic mass is 16.5. The van der Waals surface area contributed by atoms with Crippen molar-refractivity contribution in [2.45, 2.75) is 6.92 Å². The van der Waals surface area contributed by atoms with Crippen LogP contribution in [0.5, 0.6) is 0 Å². The quantitative estimate of drug-likeness (QED) is 0.478. The second-order valence-electron chi connectivity index (χ2n) is 2.11. The molecule has 0 unspecified atom stereocenters. The van der Waals surface area contributed by atoms with Crippen molar-refractivity contribution in [1.82, 2.24) is 5.16 Å². The Morgan fingerprint density at radius 3 is 2.83 bits per heavy atom. The van der Waals surface area contributed by atoms with Gasteiger partial charge in [-0.3, -0.25) is 4.79 Å². The standard InChI is InChI=1S/C7H7NO4/c1-4-6(7(10)11-2)5(3-9)8-12-4/h3H,1-2H3. The van der Waals surface area contributed by atoms with E-state index in [2.05, 4.69) is 14.4 Å². The molecule has 1 aromatic heterocycles. The summed E-state index contributed by atoms with van der Waals surface area (Å²) >= 11 is 0. The molecule has 64 valence electrons. The van der Waals surface area contributed by atoms with Gasteiger partial charge in [-0.1, -0.05) is 5.16 Å². The van der Waals surface area contributed by atoms with Gasteiger partial charge in [0.15, 0.2) is 12.0 Å². The van der Waals surface area contributed by atoms with Crippen molar-refractivity contribution in [2.24, 2.45) is 0 Å². The van der Waals surface area contributed by atoms with Crippen LogP contribution in [-0.4, -0.2) is 24.5 Å². The van der Waals surface area contributed by atoms with Crippen molar-refractivity contribution >= 4 is 12.3 Å². The van der Waals surface area contributed by atoms with Crippen LogP contribution < -0.4 is 0 Å². The Morgan fingerprint density at radius 1 is 1.67 bits per heavy atom. The minimum Gasteiger partial charge on any atom is -0.465 e. The van der Waals surface area contributed by atoms with Gasteiger partial charge < -0.3 is 9.26 Å². The van der Waals surface area contributed by atoms with Crippen LogP contribution in [0.15, 0.2) is 4.52 Å². The summed E-state index contributed by atoms with van der Waals surface area (Å²) in [7, 11) is 1.23. The monoisotopic (exact) mass is 169 g/mol. The Bertz CT molecular complexity index is 315. The summed E-state index contributed by atoms with van der Waals surface area (Å²) in [6.07, 6.45) is 0.447. The van der Waals surface area contributed by atoms with Crippen LogP contribution in [0.2, 0.25) is 0 Å². The number of rotatable bonds is 2. The first-order valence-electron chi connectivity index (χ1n) is 3.20. The van der Waals surface area contributed by atoms with Crippen molar-refractivity contribution in [3.05, 3.63) is 17.0 Å². The smallest absolute Gasteiger partial charge is 0.343 e. The first-order valence-corrected chi connectivity index (χ1v) is 3.20. The minimum atomic E-state index is -0.615. The third-order valence-electron chi connectivity index (χ3n) is 1.39. The number of aldehydes is 1. The van der Waals surface area contributed by atoms with Gasteiger partial charge >= 0.3 is 5.97 Å². The van der Waals surface area contributed by atoms with Crippen LogP contribution in [0.3, 0.4) is 0 Å². The van der Waals surface area contributed by atoms with Crippen molar-refractivity contribution in [3.63, 3.8) is 0 Å². The van der Waals surface area contributed by atoms with Crippen LogP contribution in [-0.2, 0) is 4.74 Å². The number of aryl methyl sites for hydroxylation is 1. The fraction of sp³-hybridized carbons (Fsp3) is 0.286. The molecule has 12 heavy (non-hydrogen) atoms. The molecule has 0 N–H and O–H groups in total. The van der Waals surface area contributed by atoms with E-state index in [0.717, 1.165) is 0 Å². The van der Waals surface area contributed by atoms with Gasteiger partial charge in [0.2, 0.25) is 0 Å². The third kappa shape index (κ3) is 1.20. The van der Waals surface area contributed by atoms with Gasteiger partial charge in [-0.05, 0) is 6.92 Å². The maximum absolute atomic E-state index is 11.0. The lowest BCUT2D eigenvalue weighted by molar-refractivity contribution is 0.0596. The second-order valence-corrected chi connectivity index (χ2v) is 2.11. The molecule has 5 nitrogen and oxygen atoms in total. The summed E-state index contributed by atoms with van der Waals surface area (Å²) in [6.45, 7) is 1.53. The molecule has 0 aliphatic carbocycles. The maximum atomic E-state index is 11.0. The molecule has 0 spiro atoms. The fourth-order valence-corrected chi connectivity index (χ4v) is 0.820. The summed E-state index contributed by atoms with van der Waals surface area (Å²) < 4.78 is 9.05. The van der Waals surface area contributed by atoms with Crippen molar-refractivity contribution in [3.8, 4) is 0 Å². The number of methoxy groups -OCH3 is 1. The molecule has 1 heterocycles. The highest BCUT2D eigenvalue weighted by molar-refractivity contribution is 5.97. The molecule has 0 saturated carbocycles. The molecule has 0 bridgehead atoms. The van der Waals surface area contributed by atoms with Crippen molar-refractivity contribution in [1.29, 1.82) is 0 Å². The molecular weight excluding hydrogens is 162 g/mol. The summed E-state index contributed by atoms with van der Waals surface area (Å²) in [5, 5.41) is 3.36. The predicted octanol–water partition coefficient (Wildman–Crippen LogP) is 0.582. The van der Waals surface area contributed by atoms with Gasteiger partial charge in [-0.25, -0.2) is 4.79 Å². The first-order chi connectivity index (χ1) is 5.70. The van der Waals surface area contributed by atoms with Gasteiger partial charge in [0.05, 0.1) is 7.11 Å². The molecule has 0 aliphatic heterocycles. The van der Waals surface area contributed by atoms with Gasteiger partial charge in [-0.15, -0.1) is 0 Å². The Balaban J connectivity index is 3.18. The SMILES string of the molecule is COC(=O)c1c(C=O)noc1C. The molecular formula is C7H7NO4. The van der Waals surface area contributed by atoms with E-state index in [1.165, 1.54) is 14.0 Å². The Labute approximate surface area is 68.3 Å². The zero-order valence-electron chi connectivity index (χ0n) is 6.66. The summed E-state index contributed by atoms with van der Waals surface area (Å²) in [6, 6.07) is 0. The lowest BCUT2D eigenvalue weighted by Crippen LogP contribution is -2.04. The number of aromatic nitrogens is 1. The molecule has 0 amide bonds. The highest BCUT2D eigenvalue weighted by Gasteiger charge is 2.19. The van der Waals surface area contributed by atoms with E-state index in [1.807, 2.05) is 0 Å². The zero-order chi connectivity index (χ0) is 9.14. The topological polar surface area (TPSA) is 69.4 Å². The van der Waals surface area contributed by atoms with Crippen LogP contribution in [0.1, 0.15) is 26.6 Å². The van der Waals surface area contributed by atoms with Crippen LogP contribution in [0.4, 0.5) is 0 Å². The molecule has 0 aromatic carbocycles. The van der Waals surface area contributed by atoms with E-state index in [0.29, 0.717) is 6.29 Å². The fourth-order valence-electron chi connectivity index (χ4n) is 0.820. The molecule has 0 saturated heterocycles. The van der Waals surface area contributed by atoms with Gasteiger partial charge in [0.1, 0.15) is 11.3 Å². The van der Waals surface area contributed by atoms with Crippen LogP contribution >= 0.6 is 0 Å². The average molecular weight is 169 g/mol. The molecule has 1 aromatic rings. The largest absolute Gasteiger partial charge is 0.465 e. The molecule has 0 radical (unpaired) electrons. The number of esters is 1. The third-order valence-corrected chi connectivity index (χ3v) is 1.39.